The minimum atomic E-state index is -0.220. The Balaban J connectivity index is 1.53. The Morgan fingerprint density at radius 3 is 2.61 bits per heavy atom. The van der Waals surface area contributed by atoms with Crippen LogP contribution >= 0.6 is 0 Å². The molecule has 2 amide bonds. The molecule has 31 heavy (non-hydrogen) atoms. The fourth-order valence-electron chi connectivity index (χ4n) is 2.98. The molecule has 0 saturated carbocycles. The lowest BCUT2D eigenvalue weighted by Crippen LogP contribution is -2.29. The number of nitrogens with one attached hydrogen (secondary N) is 3. The number of pyridine rings is 1. The molecule has 0 aliphatic heterocycles. The second-order valence-electron chi connectivity index (χ2n) is 7.04. The Morgan fingerprint density at radius 1 is 1.10 bits per heavy atom. The summed E-state index contributed by atoms with van der Waals surface area (Å²) in [4.78, 5) is 27.3. The second kappa shape index (κ2) is 10.8. The molecule has 0 radical (unpaired) electrons. The predicted octanol–water partition coefficient (Wildman–Crippen LogP) is 2.36. The summed E-state index contributed by atoms with van der Waals surface area (Å²) >= 11 is 0. The highest BCUT2D eigenvalue weighted by atomic mass is 16.2. The number of benzene rings is 1. The van der Waals surface area contributed by atoms with Crippen LogP contribution in [0.15, 0.2) is 61.2 Å². The van der Waals surface area contributed by atoms with Crippen LogP contribution < -0.4 is 16.0 Å². The number of anilines is 1. The van der Waals surface area contributed by atoms with E-state index in [2.05, 4.69) is 26.0 Å². The van der Waals surface area contributed by atoms with E-state index in [1.807, 2.05) is 43.6 Å². The normalized spacial score (nSPS) is 10.9. The highest BCUT2D eigenvalue weighted by Gasteiger charge is 2.06. The topological polar surface area (TPSA) is 101 Å². The third-order valence-corrected chi connectivity index (χ3v) is 4.51. The molecule has 3 aromatic rings. The first-order valence-electron chi connectivity index (χ1n) is 9.97. The summed E-state index contributed by atoms with van der Waals surface area (Å²) in [5.74, 6) is -0.255. The largest absolute Gasteiger partial charge is 0.355 e. The summed E-state index contributed by atoms with van der Waals surface area (Å²) in [6.45, 7) is 3.47. The van der Waals surface area contributed by atoms with Crippen molar-refractivity contribution >= 4 is 23.6 Å². The van der Waals surface area contributed by atoms with Crippen LogP contribution in [0.1, 0.15) is 18.1 Å². The quantitative estimate of drug-likeness (QED) is 0.366. The van der Waals surface area contributed by atoms with E-state index in [1.54, 1.807) is 29.3 Å². The SMILES string of the molecule is CC(=O)NCCNCc1ccc(NC(=O)C=Cc2cnccc2-c2cnn(C)c2)cc1. The lowest BCUT2D eigenvalue weighted by atomic mass is 10.0. The van der Waals surface area contributed by atoms with Crippen LogP contribution in [0.3, 0.4) is 0 Å². The predicted molar refractivity (Wildman–Crippen MR) is 121 cm³/mol. The number of aryl methyl sites for hydroxylation is 1. The van der Waals surface area contributed by atoms with Crippen LogP contribution in [-0.4, -0.2) is 39.7 Å². The third-order valence-electron chi connectivity index (χ3n) is 4.51. The molecule has 1 aromatic carbocycles. The number of rotatable bonds is 9. The van der Waals surface area contributed by atoms with Gasteiger partial charge in [0.15, 0.2) is 0 Å². The fourth-order valence-corrected chi connectivity index (χ4v) is 2.98. The van der Waals surface area contributed by atoms with Crippen LogP contribution in [0, 0.1) is 0 Å². The monoisotopic (exact) mass is 418 g/mol. The van der Waals surface area contributed by atoms with Gasteiger partial charge in [0.05, 0.1) is 6.20 Å². The maximum atomic E-state index is 12.3. The molecule has 3 N–H and O–H groups in total. The van der Waals surface area contributed by atoms with E-state index in [1.165, 1.54) is 13.0 Å². The van der Waals surface area contributed by atoms with Crippen molar-refractivity contribution in [2.45, 2.75) is 13.5 Å². The van der Waals surface area contributed by atoms with Crippen LogP contribution in [-0.2, 0) is 23.2 Å². The number of carbonyl (C=O) groups is 2. The highest BCUT2D eigenvalue weighted by Crippen LogP contribution is 2.23. The molecule has 8 nitrogen and oxygen atoms in total. The molecule has 0 spiro atoms. The van der Waals surface area contributed by atoms with Crippen molar-refractivity contribution in [2.24, 2.45) is 7.05 Å². The lowest BCUT2D eigenvalue weighted by molar-refractivity contribution is -0.119. The molecule has 0 bridgehead atoms. The van der Waals surface area contributed by atoms with Gasteiger partial charge in [-0.2, -0.15) is 5.10 Å². The molecule has 2 heterocycles. The van der Waals surface area contributed by atoms with Gasteiger partial charge in [-0.05, 0) is 35.4 Å². The van der Waals surface area contributed by atoms with Gasteiger partial charge in [0.25, 0.3) is 0 Å². The molecule has 0 unspecified atom stereocenters. The van der Waals surface area contributed by atoms with Gasteiger partial charge in [-0.15, -0.1) is 0 Å². The van der Waals surface area contributed by atoms with Crippen molar-refractivity contribution in [3.05, 3.63) is 72.3 Å². The maximum absolute atomic E-state index is 12.3. The maximum Gasteiger partial charge on any atom is 0.248 e. The van der Waals surface area contributed by atoms with Crippen molar-refractivity contribution in [1.82, 2.24) is 25.4 Å². The zero-order valence-corrected chi connectivity index (χ0v) is 17.6. The van der Waals surface area contributed by atoms with Crippen LogP contribution in [0.5, 0.6) is 0 Å². The fraction of sp³-hybridized carbons (Fsp3) is 0.217. The van der Waals surface area contributed by atoms with E-state index in [0.29, 0.717) is 19.6 Å². The molecule has 2 aromatic heterocycles. The number of aromatic nitrogens is 3. The zero-order valence-electron chi connectivity index (χ0n) is 17.6. The number of carbonyl (C=O) groups excluding carboxylic acids is 2. The number of nitrogens with zero attached hydrogens (tertiary/aromatic N) is 3. The van der Waals surface area contributed by atoms with Gasteiger partial charge >= 0.3 is 0 Å². The molecule has 0 aliphatic carbocycles. The average Bonchev–Trinajstić information content (AvgIpc) is 3.19. The minimum absolute atomic E-state index is 0.0345. The molecular formula is C23H26N6O2. The first-order valence-corrected chi connectivity index (χ1v) is 9.97. The number of hydrogen-bond acceptors (Lipinski definition) is 5. The Hall–Kier alpha value is -3.78. The van der Waals surface area contributed by atoms with Gasteiger partial charge in [0.1, 0.15) is 0 Å². The third kappa shape index (κ3) is 6.90. The van der Waals surface area contributed by atoms with Gasteiger partial charge in [-0.25, -0.2) is 0 Å². The van der Waals surface area contributed by atoms with Gasteiger partial charge in [-0.1, -0.05) is 12.1 Å². The van der Waals surface area contributed by atoms with E-state index < -0.39 is 0 Å². The van der Waals surface area contributed by atoms with E-state index >= 15 is 0 Å². The highest BCUT2D eigenvalue weighted by molar-refractivity contribution is 6.02. The molecule has 160 valence electrons. The Kier molecular flexibility index (Phi) is 7.67. The first kappa shape index (κ1) is 21.9. The average molecular weight is 419 g/mol. The second-order valence-corrected chi connectivity index (χ2v) is 7.04. The molecular weight excluding hydrogens is 392 g/mol. The molecule has 8 heteroatoms. The van der Waals surface area contributed by atoms with Crippen molar-refractivity contribution < 1.29 is 9.59 Å². The van der Waals surface area contributed by atoms with E-state index in [0.717, 1.165) is 27.9 Å². The van der Waals surface area contributed by atoms with Crippen molar-refractivity contribution in [2.75, 3.05) is 18.4 Å². The summed E-state index contributed by atoms with van der Waals surface area (Å²) in [6.07, 6.45) is 10.4. The standard InChI is InChI=1S/C23H26N6O2/c1-17(30)26-12-11-25-13-18-3-6-21(7-4-18)28-23(31)8-5-19-14-24-10-9-22(19)20-15-27-29(2)16-20/h3-10,14-16,25H,11-13H2,1-2H3,(H,26,30)(H,28,31). The van der Waals surface area contributed by atoms with Gasteiger partial charge in [-0.3, -0.25) is 19.3 Å². The first-order chi connectivity index (χ1) is 15.0. The van der Waals surface area contributed by atoms with Crippen molar-refractivity contribution in [1.29, 1.82) is 0 Å². The van der Waals surface area contributed by atoms with Gasteiger partial charge in [0.2, 0.25) is 11.8 Å². The van der Waals surface area contributed by atoms with Crippen molar-refractivity contribution in [3.63, 3.8) is 0 Å². The van der Waals surface area contributed by atoms with Gasteiger partial charge in [0, 0.05) is 75.1 Å². The Morgan fingerprint density at radius 2 is 1.90 bits per heavy atom. The van der Waals surface area contributed by atoms with Crippen molar-refractivity contribution in [3.8, 4) is 11.1 Å². The van der Waals surface area contributed by atoms with E-state index in [9.17, 15) is 9.59 Å². The molecule has 0 atom stereocenters. The van der Waals surface area contributed by atoms with E-state index in [4.69, 9.17) is 0 Å². The number of hydrogen-bond donors (Lipinski definition) is 3. The zero-order chi connectivity index (χ0) is 22.1. The summed E-state index contributed by atoms with van der Waals surface area (Å²) in [5.41, 5.74) is 4.57. The summed E-state index contributed by atoms with van der Waals surface area (Å²) in [6, 6.07) is 9.53. The molecule has 0 fully saturated rings. The van der Waals surface area contributed by atoms with Crippen LogP contribution in [0.4, 0.5) is 5.69 Å². The van der Waals surface area contributed by atoms with Crippen LogP contribution in [0.2, 0.25) is 0 Å². The molecule has 0 aliphatic rings. The molecule has 0 saturated heterocycles. The Bertz CT molecular complexity index is 1060. The number of amides is 2. The smallest absolute Gasteiger partial charge is 0.248 e. The molecule has 3 rings (SSSR count). The lowest BCUT2D eigenvalue weighted by Gasteiger charge is -2.07. The van der Waals surface area contributed by atoms with Gasteiger partial charge < -0.3 is 16.0 Å². The van der Waals surface area contributed by atoms with E-state index in [-0.39, 0.29) is 11.8 Å². The summed E-state index contributed by atoms with van der Waals surface area (Å²) < 4.78 is 1.73. The summed E-state index contributed by atoms with van der Waals surface area (Å²) in [7, 11) is 1.86. The Labute approximate surface area is 181 Å². The minimum Gasteiger partial charge on any atom is -0.355 e. The summed E-state index contributed by atoms with van der Waals surface area (Å²) in [5, 5.41) is 13.0. The van der Waals surface area contributed by atoms with Crippen LogP contribution in [0.25, 0.3) is 17.2 Å².